The van der Waals surface area contributed by atoms with E-state index < -0.39 is 0 Å². The van der Waals surface area contributed by atoms with Gasteiger partial charge in [0.1, 0.15) is 11.6 Å². The summed E-state index contributed by atoms with van der Waals surface area (Å²) in [5, 5.41) is 10.2. The average molecular weight is 348 g/mol. The lowest BCUT2D eigenvalue weighted by Crippen LogP contribution is -2.24. The maximum Gasteiger partial charge on any atom is 0.246 e. The zero-order valence-corrected chi connectivity index (χ0v) is 13.5. The highest BCUT2D eigenvalue weighted by Gasteiger charge is 2.13. The first kappa shape index (κ1) is 16.2. The second-order valence-corrected chi connectivity index (χ2v) is 5.90. The summed E-state index contributed by atoms with van der Waals surface area (Å²) in [5.74, 6) is 0.916. The second kappa shape index (κ2) is 7.26. The van der Waals surface area contributed by atoms with Gasteiger partial charge in [0.15, 0.2) is 5.69 Å². The molecule has 0 spiro atoms. The fourth-order valence-corrected chi connectivity index (χ4v) is 2.54. The monoisotopic (exact) mass is 348 g/mol. The fourth-order valence-electron chi connectivity index (χ4n) is 1.81. The van der Waals surface area contributed by atoms with Gasteiger partial charge >= 0.3 is 0 Å². The van der Waals surface area contributed by atoms with Gasteiger partial charge in [-0.25, -0.2) is 4.39 Å². The van der Waals surface area contributed by atoms with E-state index in [0.717, 1.165) is 4.90 Å². The Morgan fingerprint density at radius 2 is 2.04 bits per heavy atom. The molecule has 2 aromatic heterocycles. The molecule has 3 aromatic rings. The Labute approximate surface area is 140 Å². The minimum absolute atomic E-state index is 0.118. The van der Waals surface area contributed by atoms with Crippen molar-refractivity contribution >= 4 is 17.7 Å². The Kier molecular flexibility index (Phi) is 4.90. The number of carbonyl (C=O) groups is 1. The number of benzene rings is 1. The number of halogens is 1. The van der Waals surface area contributed by atoms with Crippen LogP contribution in [0.25, 0.3) is 11.5 Å². The van der Waals surface area contributed by atoms with E-state index in [1.807, 2.05) is 0 Å². The molecule has 0 bridgehead atoms. The number of nitrogens with zero attached hydrogens (tertiary/aromatic N) is 3. The number of aryl methyl sites for hydroxylation is 1. The van der Waals surface area contributed by atoms with E-state index in [-0.39, 0.29) is 29.9 Å². The Morgan fingerprint density at radius 1 is 1.25 bits per heavy atom. The minimum Gasteiger partial charge on any atom is -0.361 e. The lowest BCUT2D eigenvalue weighted by atomic mass is 10.4. The highest BCUT2D eigenvalue weighted by Crippen LogP contribution is 2.18. The van der Waals surface area contributed by atoms with Crippen molar-refractivity contribution in [2.75, 3.05) is 5.75 Å². The molecule has 9 heteroatoms. The fraction of sp³-hybridized carbons (Fsp3) is 0.200. The van der Waals surface area contributed by atoms with E-state index in [9.17, 15) is 9.18 Å². The van der Waals surface area contributed by atoms with Crippen molar-refractivity contribution < 1.29 is 18.2 Å². The van der Waals surface area contributed by atoms with Crippen LogP contribution in [0.2, 0.25) is 0 Å². The van der Waals surface area contributed by atoms with Crippen molar-refractivity contribution in [2.24, 2.45) is 0 Å². The zero-order chi connectivity index (χ0) is 16.9. The van der Waals surface area contributed by atoms with E-state index >= 15 is 0 Å². The zero-order valence-electron chi connectivity index (χ0n) is 12.7. The summed E-state index contributed by atoms with van der Waals surface area (Å²) in [5.41, 5.74) is 0.473. The predicted molar refractivity (Wildman–Crippen MR) is 83.5 cm³/mol. The molecule has 0 saturated carbocycles. The summed E-state index contributed by atoms with van der Waals surface area (Å²) in [6, 6.07) is 7.64. The minimum atomic E-state index is -0.307. The maximum atomic E-state index is 12.8. The van der Waals surface area contributed by atoms with Crippen molar-refractivity contribution in [2.45, 2.75) is 18.4 Å². The van der Waals surface area contributed by atoms with Crippen molar-refractivity contribution in [3.05, 3.63) is 47.8 Å². The van der Waals surface area contributed by atoms with Gasteiger partial charge in [0, 0.05) is 11.0 Å². The van der Waals surface area contributed by atoms with Gasteiger partial charge in [-0.2, -0.15) is 4.98 Å². The molecule has 0 aliphatic carbocycles. The van der Waals surface area contributed by atoms with E-state index in [0.29, 0.717) is 17.3 Å². The average Bonchev–Trinajstić information content (AvgIpc) is 3.21. The van der Waals surface area contributed by atoms with Crippen LogP contribution in [0.15, 0.2) is 44.3 Å². The molecule has 0 fully saturated rings. The number of nitrogens with one attached hydrogen (secondary N) is 1. The highest BCUT2D eigenvalue weighted by atomic mass is 32.2. The van der Waals surface area contributed by atoms with Crippen LogP contribution in [0.1, 0.15) is 11.7 Å². The SMILES string of the molecule is Cc1cc(-c2noc(CNC(=O)CSc3ccc(F)cc3)n2)no1. The van der Waals surface area contributed by atoms with Gasteiger partial charge < -0.3 is 14.4 Å². The molecule has 1 aromatic carbocycles. The van der Waals surface area contributed by atoms with Gasteiger partial charge in [0.05, 0.1) is 12.3 Å². The molecule has 1 N–H and O–H groups in total. The topological polar surface area (TPSA) is 94.1 Å². The van der Waals surface area contributed by atoms with Gasteiger partial charge in [-0.1, -0.05) is 10.3 Å². The van der Waals surface area contributed by atoms with Crippen LogP contribution in [0.5, 0.6) is 0 Å². The van der Waals surface area contributed by atoms with Crippen molar-refractivity contribution in [3.63, 3.8) is 0 Å². The van der Waals surface area contributed by atoms with Crippen LogP contribution < -0.4 is 5.32 Å². The first-order valence-electron chi connectivity index (χ1n) is 7.01. The number of hydrogen-bond acceptors (Lipinski definition) is 7. The molecule has 0 unspecified atom stereocenters. The highest BCUT2D eigenvalue weighted by molar-refractivity contribution is 8.00. The third-order valence-corrected chi connectivity index (χ3v) is 3.96. The molecule has 1 amide bonds. The first-order valence-corrected chi connectivity index (χ1v) is 8.00. The lowest BCUT2D eigenvalue weighted by Gasteiger charge is -2.02. The molecule has 124 valence electrons. The molecule has 7 nitrogen and oxygen atoms in total. The van der Waals surface area contributed by atoms with Crippen LogP contribution in [0.3, 0.4) is 0 Å². The molecule has 0 saturated heterocycles. The number of hydrogen-bond donors (Lipinski definition) is 1. The largest absolute Gasteiger partial charge is 0.361 e. The molecular formula is C15H13FN4O3S. The number of amides is 1. The Balaban J connectivity index is 1.48. The van der Waals surface area contributed by atoms with Gasteiger partial charge in [0.2, 0.25) is 17.6 Å². The van der Waals surface area contributed by atoms with Crippen LogP contribution >= 0.6 is 11.8 Å². The van der Waals surface area contributed by atoms with Gasteiger partial charge in [-0.3, -0.25) is 4.79 Å². The molecule has 3 rings (SSSR count). The standard InChI is InChI=1S/C15H13FN4O3S/c1-9-6-12(19-22-9)15-18-14(23-20-15)7-17-13(21)8-24-11-4-2-10(16)3-5-11/h2-6H,7-8H2,1H3,(H,17,21). The third-order valence-electron chi connectivity index (χ3n) is 2.95. The van der Waals surface area contributed by atoms with Crippen LogP contribution in [0.4, 0.5) is 4.39 Å². The van der Waals surface area contributed by atoms with Gasteiger partial charge in [-0.05, 0) is 31.2 Å². The van der Waals surface area contributed by atoms with Crippen LogP contribution in [-0.2, 0) is 11.3 Å². The maximum absolute atomic E-state index is 12.8. The van der Waals surface area contributed by atoms with E-state index in [2.05, 4.69) is 20.6 Å². The van der Waals surface area contributed by atoms with E-state index in [1.54, 1.807) is 25.1 Å². The quantitative estimate of drug-likeness (QED) is 0.684. The Morgan fingerprint density at radius 3 is 2.75 bits per heavy atom. The Hall–Kier alpha value is -2.68. The van der Waals surface area contributed by atoms with Gasteiger partial charge in [-0.15, -0.1) is 11.8 Å². The van der Waals surface area contributed by atoms with Gasteiger partial charge in [0.25, 0.3) is 0 Å². The molecule has 0 atom stereocenters. The summed E-state index contributed by atoms with van der Waals surface area (Å²) in [6.45, 7) is 1.88. The lowest BCUT2D eigenvalue weighted by molar-refractivity contribution is -0.118. The predicted octanol–water partition coefficient (Wildman–Crippen LogP) is 2.58. The summed E-state index contributed by atoms with van der Waals surface area (Å²) in [4.78, 5) is 16.8. The summed E-state index contributed by atoms with van der Waals surface area (Å²) in [6.07, 6.45) is 0. The van der Waals surface area contributed by atoms with Crippen molar-refractivity contribution in [3.8, 4) is 11.5 Å². The molecule has 2 heterocycles. The third kappa shape index (κ3) is 4.19. The van der Waals surface area contributed by atoms with Crippen molar-refractivity contribution in [1.82, 2.24) is 20.6 Å². The summed E-state index contributed by atoms with van der Waals surface area (Å²) < 4.78 is 22.8. The molecule has 0 aliphatic heterocycles. The molecule has 0 radical (unpaired) electrons. The van der Waals surface area contributed by atoms with E-state index in [4.69, 9.17) is 9.05 Å². The Bertz CT molecular complexity index is 831. The number of aromatic nitrogens is 3. The number of carbonyl (C=O) groups excluding carboxylic acids is 1. The van der Waals surface area contributed by atoms with Crippen LogP contribution in [0, 0.1) is 12.7 Å². The van der Waals surface area contributed by atoms with Crippen LogP contribution in [-0.4, -0.2) is 27.0 Å². The van der Waals surface area contributed by atoms with E-state index in [1.165, 1.54) is 23.9 Å². The normalized spacial score (nSPS) is 10.8. The van der Waals surface area contributed by atoms with Crippen molar-refractivity contribution in [1.29, 1.82) is 0 Å². The second-order valence-electron chi connectivity index (χ2n) is 4.85. The molecular weight excluding hydrogens is 335 g/mol. The first-order chi connectivity index (χ1) is 11.6. The molecule has 0 aliphatic rings. The molecule has 24 heavy (non-hydrogen) atoms. The number of thioether (sulfide) groups is 1. The smallest absolute Gasteiger partial charge is 0.246 e. The summed E-state index contributed by atoms with van der Waals surface area (Å²) >= 11 is 1.31. The number of rotatable bonds is 6. The summed E-state index contributed by atoms with van der Waals surface area (Å²) in [7, 11) is 0.